The van der Waals surface area contributed by atoms with Crippen molar-refractivity contribution in [3.63, 3.8) is 0 Å². The first kappa shape index (κ1) is 19.2. The lowest BCUT2D eigenvalue weighted by Gasteiger charge is -2.19. The molecule has 1 N–H and O–H groups in total. The van der Waals surface area contributed by atoms with Crippen LogP contribution in [-0.4, -0.2) is 25.0 Å². The first-order valence-electron chi connectivity index (χ1n) is 8.34. The molecule has 128 valence electrons. The van der Waals surface area contributed by atoms with Crippen LogP contribution in [0.4, 0.5) is 0 Å². The zero-order valence-corrected chi connectivity index (χ0v) is 14.8. The van der Waals surface area contributed by atoms with Crippen molar-refractivity contribution in [1.29, 1.82) is 0 Å². The number of esters is 1. The maximum absolute atomic E-state index is 11.8. The third kappa shape index (κ3) is 7.82. The van der Waals surface area contributed by atoms with E-state index in [9.17, 15) is 9.59 Å². The average molecular weight is 319 g/mol. The van der Waals surface area contributed by atoms with E-state index in [0.29, 0.717) is 32.4 Å². The summed E-state index contributed by atoms with van der Waals surface area (Å²) >= 11 is 0. The van der Waals surface area contributed by atoms with E-state index in [4.69, 9.17) is 4.74 Å². The van der Waals surface area contributed by atoms with Gasteiger partial charge in [-0.1, -0.05) is 45.0 Å². The molecule has 0 radical (unpaired) electrons. The van der Waals surface area contributed by atoms with Crippen molar-refractivity contribution in [2.75, 3.05) is 13.2 Å². The molecular weight excluding hydrogens is 290 g/mol. The maximum atomic E-state index is 11.8. The monoisotopic (exact) mass is 319 g/mol. The quantitative estimate of drug-likeness (QED) is 0.590. The smallest absolute Gasteiger partial charge is 0.305 e. The Kier molecular flexibility index (Phi) is 7.79. The molecule has 0 fully saturated rings. The summed E-state index contributed by atoms with van der Waals surface area (Å²) in [7, 11) is 0. The van der Waals surface area contributed by atoms with E-state index in [1.54, 1.807) is 6.92 Å². The highest BCUT2D eigenvalue weighted by molar-refractivity contribution is 5.76. The van der Waals surface area contributed by atoms with E-state index in [0.717, 1.165) is 6.42 Å². The number of hydrogen-bond acceptors (Lipinski definition) is 3. The van der Waals surface area contributed by atoms with Crippen LogP contribution in [0.3, 0.4) is 0 Å². The normalized spacial score (nSPS) is 11.1. The number of ether oxygens (including phenoxy) is 1. The molecule has 1 aromatic rings. The van der Waals surface area contributed by atoms with E-state index in [1.165, 1.54) is 11.1 Å². The van der Waals surface area contributed by atoms with E-state index in [2.05, 4.69) is 50.4 Å². The second-order valence-electron chi connectivity index (χ2n) is 6.71. The van der Waals surface area contributed by atoms with Gasteiger partial charge < -0.3 is 10.1 Å². The van der Waals surface area contributed by atoms with Crippen LogP contribution >= 0.6 is 0 Å². The molecule has 0 saturated carbocycles. The number of hydrogen-bond donors (Lipinski definition) is 1. The summed E-state index contributed by atoms with van der Waals surface area (Å²) in [5.41, 5.74) is 2.61. The van der Waals surface area contributed by atoms with Gasteiger partial charge in [-0.3, -0.25) is 9.59 Å². The van der Waals surface area contributed by atoms with Crippen LogP contribution in [0.5, 0.6) is 0 Å². The molecule has 0 heterocycles. The molecule has 0 aliphatic heterocycles. The molecule has 0 aliphatic carbocycles. The minimum atomic E-state index is -0.208. The summed E-state index contributed by atoms with van der Waals surface area (Å²) in [4.78, 5) is 22.9. The molecular formula is C19H29NO3. The molecule has 1 aromatic carbocycles. The average Bonchev–Trinajstić information content (AvgIpc) is 2.49. The van der Waals surface area contributed by atoms with Gasteiger partial charge in [0.1, 0.15) is 0 Å². The van der Waals surface area contributed by atoms with E-state index in [-0.39, 0.29) is 17.3 Å². The van der Waals surface area contributed by atoms with Crippen molar-refractivity contribution in [1.82, 2.24) is 5.32 Å². The van der Waals surface area contributed by atoms with Crippen LogP contribution in [0.25, 0.3) is 0 Å². The molecule has 0 atom stereocenters. The van der Waals surface area contributed by atoms with Gasteiger partial charge in [-0.15, -0.1) is 0 Å². The predicted molar refractivity (Wildman–Crippen MR) is 92.3 cm³/mol. The van der Waals surface area contributed by atoms with Crippen molar-refractivity contribution in [2.45, 2.75) is 58.8 Å². The highest BCUT2D eigenvalue weighted by atomic mass is 16.5. The first-order valence-corrected chi connectivity index (χ1v) is 8.34. The molecule has 0 spiro atoms. The van der Waals surface area contributed by atoms with Crippen molar-refractivity contribution < 1.29 is 14.3 Å². The number of benzene rings is 1. The SMILES string of the molecule is CCOC(=O)CCCNC(=O)CCc1ccc(C(C)(C)C)cc1. The largest absolute Gasteiger partial charge is 0.466 e. The van der Waals surface area contributed by atoms with Crippen molar-refractivity contribution in [2.24, 2.45) is 0 Å². The Labute approximate surface area is 139 Å². The van der Waals surface area contributed by atoms with Crippen LogP contribution < -0.4 is 5.32 Å². The molecule has 23 heavy (non-hydrogen) atoms. The van der Waals surface area contributed by atoms with Gasteiger partial charge in [-0.2, -0.15) is 0 Å². The minimum Gasteiger partial charge on any atom is -0.466 e. The van der Waals surface area contributed by atoms with E-state index in [1.807, 2.05) is 0 Å². The van der Waals surface area contributed by atoms with Crippen LogP contribution in [0.2, 0.25) is 0 Å². The Morgan fingerprint density at radius 1 is 1.09 bits per heavy atom. The highest BCUT2D eigenvalue weighted by Crippen LogP contribution is 2.22. The van der Waals surface area contributed by atoms with Crippen LogP contribution in [0, 0.1) is 0 Å². The van der Waals surface area contributed by atoms with Crippen molar-refractivity contribution >= 4 is 11.9 Å². The zero-order valence-electron chi connectivity index (χ0n) is 14.8. The van der Waals surface area contributed by atoms with Gasteiger partial charge in [0.05, 0.1) is 6.61 Å². The molecule has 0 aromatic heterocycles. The number of carbonyl (C=O) groups is 2. The fraction of sp³-hybridized carbons (Fsp3) is 0.579. The van der Waals surface area contributed by atoms with Crippen molar-refractivity contribution in [3.8, 4) is 0 Å². The van der Waals surface area contributed by atoms with Gasteiger partial charge in [0.15, 0.2) is 0 Å². The number of rotatable bonds is 8. The number of amides is 1. The van der Waals surface area contributed by atoms with Crippen LogP contribution in [-0.2, 0) is 26.2 Å². The third-order valence-corrected chi connectivity index (χ3v) is 3.65. The van der Waals surface area contributed by atoms with Gasteiger partial charge in [-0.25, -0.2) is 0 Å². The lowest BCUT2D eigenvalue weighted by atomic mass is 9.86. The Bertz CT molecular complexity index is 500. The lowest BCUT2D eigenvalue weighted by molar-refractivity contribution is -0.143. The third-order valence-electron chi connectivity index (χ3n) is 3.65. The van der Waals surface area contributed by atoms with Crippen LogP contribution in [0.15, 0.2) is 24.3 Å². The summed E-state index contributed by atoms with van der Waals surface area (Å²) < 4.78 is 4.84. The zero-order chi connectivity index (χ0) is 17.3. The Hall–Kier alpha value is -1.84. The Balaban J connectivity index is 2.24. The second-order valence-corrected chi connectivity index (χ2v) is 6.71. The van der Waals surface area contributed by atoms with Crippen LogP contribution in [0.1, 0.15) is 58.1 Å². The van der Waals surface area contributed by atoms with Gasteiger partial charge in [0.25, 0.3) is 0 Å². The number of carbonyl (C=O) groups excluding carboxylic acids is 2. The Morgan fingerprint density at radius 3 is 2.30 bits per heavy atom. The second kappa shape index (κ2) is 9.33. The minimum absolute atomic E-state index is 0.0220. The predicted octanol–water partition coefficient (Wildman–Crippen LogP) is 3.38. The summed E-state index contributed by atoms with van der Waals surface area (Å²) in [6, 6.07) is 8.45. The van der Waals surface area contributed by atoms with Gasteiger partial charge in [0, 0.05) is 19.4 Å². The summed E-state index contributed by atoms with van der Waals surface area (Å²) in [5.74, 6) is -0.186. The number of nitrogens with one attached hydrogen (secondary N) is 1. The molecule has 0 saturated heterocycles. The number of aryl methyl sites for hydroxylation is 1. The van der Waals surface area contributed by atoms with Gasteiger partial charge >= 0.3 is 5.97 Å². The molecule has 1 rings (SSSR count). The summed E-state index contributed by atoms with van der Waals surface area (Å²) in [6.07, 6.45) is 2.16. The summed E-state index contributed by atoms with van der Waals surface area (Å²) in [6.45, 7) is 9.26. The maximum Gasteiger partial charge on any atom is 0.305 e. The van der Waals surface area contributed by atoms with Crippen molar-refractivity contribution in [3.05, 3.63) is 35.4 Å². The fourth-order valence-electron chi connectivity index (χ4n) is 2.21. The van der Waals surface area contributed by atoms with Gasteiger partial charge in [0.2, 0.25) is 5.91 Å². The first-order chi connectivity index (χ1) is 10.8. The standard InChI is InChI=1S/C19H29NO3/c1-5-23-18(22)7-6-14-20-17(21)13-10-15-8-11-16(12-9-15)19(2,3)4/h8-9,11-12H,5-7,10,13-14H2,1-4H3,(H,20,21). The molecule has 0 bridgehead atoms. The van der Waals surface area contributed by atoms with Gasteiger partial charge in [-0.05, 0) is 36.3 Å². The fourth-order valence-corrected chi connectivity index (χ4v) is 2.21. The molecule has 4 nitrogen and oxygen atoms in total. The lowest BCUT2D eigenvalue weighted by Crippen LogP contribution is -2.25. The molecule has 0 unspecified atom stereocenters. The topological polar surface area (TPSA) is 55.4 Å². The summed E-state index contributed by atoms with van der Waals surface area (Å²) in [5, 5.41) is 2.84. The molecule has 4 heteroatoms. The molecule has 0 aliphatic rings. The van der Waals surface area contributed by atoms with E-state index < -0.39 is 0 Å². The van der Waals surface area contributed by atoms with E-state index >= 15 is 0 Å². The molecule has 1 amide bonds. The Morgan fingerprint density at radius 2 is 1.74 bits per heavy atom. The highest BCUT2D eigenvalue weighted by Gasteiger charge is 2.13.